The minimum atomic E-state index is -0.986. The second kappa shape index (κ2) is 3.42. The molecule has 0 saturated carbocycles. The van der Waals surface area contributed by atoms with Crippen LogP contribution in [0.5, 0.6) is 0 Å². The number of esters is 1. The summed E-state index contributed by atoms with van der Waals surface area (Å²) < 4.78 is 5.08. The average molecular weight is 192 g/mol. The van der Waals surface area contributed by atoms with Crippen molar-refractivity contribution < 1.29 is 14.6 Å². The molecule has 1 fully saturated rings. The molecule has 14 heavy (non-hydrogen) atoms. The fourth-order valence-corrected chi connectivity index (χ4v) is 1.70. The molecular weight excluding hydrogens is 180 g/mol. The Morgan fingerprint density at radius 1 is 1.29 bits per heavy atom. The van der Waals surface area contributed by atoms with Crippen LogP contribution in [-0.4, -0.2) is 17.2 Å². The number of aliphatic hydroxyl groups excluding tert-OH is 1. The van der Waals surface area contributed by atoms with Crippen molar-refractivity contribution in [3.8, 4) is 0 Å². The highest BCUT2D eigenvalue weighted by molar-refractivity contribution is 5.77. The van der Waals surface area contributed by atoms with Crippen LogP contribution in [-0.2, 0) is 9.53 Å². The molecule has 1 aromatic carbocycles. The van der Waals surface area contributed by atoms with E-state index in [4.69, 9.17) is 4.74 Å². The van der Waals surface area contributed by atoms with Gasteiger partial charge in [0.1, 0.15) is 6.10 Å². The highest BCUT2D eigenvalue weighted by Crippen LogP contribution is 2.34. The third-order valence-electron chi connectivity index (χ3n) is 2.59. The van der Waals surface area contributed by atoms with E-state index in [0.717, 1.165) is 5.56 Å². The van der Waals surface area contributed by atoms with E-state index in [-0.39, 0.29) is 12.0 Å². The van der Waals surface area contributed by atoms with Gasteiger partial charge in [0.2, 0.25) is 0 Å². The van der Waals surface area contributed by atoms with Crippen molar-refractivity contribution >= 4 is 5.97 Å². The number of hydrogen-bond donors (Lipinski definition) is 1. The molecule has 3 nitrogen and oxygen atoms in total. The van der Waals surface area contributed by atoms with E-state index in [1.165, 1.54) is 0 Å². The molecule has 3 heteroatoms. The van der Waals surface area contributed by atoms with Crippen LogP contribution in [0.2, 0.25) is 0 Å². The first-order valence-corrected chi connectivity index (χ1v) is 4.63. The number of rotatable bonds is 1. The van der Waals surface area contributed by atoms with Gasteiger partial charge in [0.05, 0.1) is 0 Å². The van der Waals surface area contributed by atoms with Gasteiger partial charge in [-0.05, 0) is 5.56 Å². The van der Waals surface area contributed by atoms with Crippen LogP contribution >= 0.6 is 0 Å². The summed E-state index contributed by atoms with van der Waals surface area (Å²) in [5.74, 6) is -0.698. The molecule has 1 aliphatic rings. The van der Waals surface area contributed by atoms with Gasteiger partial charge in [-0.1, -0.05) is 37.3 Å². The number of ether oxygens (including phenoxy) is 1. The molecule has 1 aliphatic heterocycles. The first-order valence-electron chi connectivity index (χ1n) is 4.63. The van der Waals surface area contributed by atoms with Gasteiger partial charge in [0.25, 0.3) is 0 Å². The lowest BCUT2D eigenvalue weighted by Gasteiger charge is -2.14. The molecule has 1 aromatic rings. The van der Waals surface area contributed by atoms with Crippen LogP contribution in [0.15, 0.2) is 30.3 Å². The van der Waals surface area contributed by atoms with Gasteiger partial charge in [0, 0.05) is 5.92 Å². The maximum absolute atomic E-state index is 11.1. The van der Waals surface area contributed by atoms with E-state index in [0.29, 0.717) is 0 Å². The monoisotopic (exact) mass is 192 g/mol. The SMILES string of the molecule is C[C@H]1[C@H](O)C(=O)O[C@H]1c1ccccc1. The van der Waals surface area contributed by atoms with Crippen molar-refractivity contribution in [1.29, 1.82) is 0 Å². The van der Waals surface area contributed by atoms with Crippen LogP contribution in [0.3, 0.4) is 0 Å². The summed E-state index contributed by atoms with van der Waals surface area (Å²) in [7, 11) is 0. The van der Waals surface area contributed by atoms with Crippen molar-refractivity contribution in [2.75, 3.05) is 0 Å². The predicted octanol–water partition coefficient (Wildman–Crippen LogP) is 1.28. The molecular formula is C11H12O3. The molecule has 74 valence electrons. The zero-order valence-corrected chi connectivity index (χ0v) is 7.88. The predicted molar refractivity (Wildman–Crippen MR) is 50.4 cm³/mol. The maximum Gasteiger partial charge on any atom is 0.336 e. The van der Waals surface area contributed by atoms with Crippen LogP contribution < -0.4 is 0 Å². The lowest BCUT2D eigenvalue weighted by molar-refractivity contribution is -0.147. The zero-order chi connectivity index (χ0) is 10.1. The third kappa shape index (κ3) is 1.40. The van der Waals surface area contributed by atoms with E-state index in [2.05, 4.69) is 0 Å². The first-order chi connectivity index (χ1) is 6.70. The zero-order valence-electron chi connectivity index (χ0n) is 7.88. The summed E-state index contributed by atoms with van der Waals surface area (Å²) in [5, 5.41) is 9.42. The van der Waals surface area contributed by atoms with Gasteiger partial charge < -0.3 is 9.84 Å². The molecule has 0 aliphatic carbocycles. The number of aliphatic hydroxyl groups is 1. The number of cyclic esters (lactones) is 1. The van der Waals surface area contributed by atoms with Crippen molar-refractivity contribution in [3.63, 3.8) is 0 Å². The third-order valence-corrected chi connectivity index (χ3v) is 2.59. The lowest BCUT2D eigenvalue weighted by atomic mass is 9.95. The Labute approximate surface area is 82.3 Å². The van der Waals surface area contributed by atoms with Crippen molar-refractivity contribution in [2.24, 2.45) is 5.92 Å². The summed E-state index contributed by atoms with van der Waals surface area (Å²) in [5.41, 5.74) is 0.935. The molecule has 1 heterocycles. The van der Waals surface area contributed by atoms with Crippen molar-refractivity contribution in [2.45, 2.75) is 19.1 Å². The van der Waals surface area contributed by atoms with Gasteiger partial charge >= 0.3 is 5.97 Å². The molecule has 0 unspecified atom stereocenters. The minimum absolute atomic E-state index is 0.176. The largest absolute Gasteiger partial charge is 0.455 e. The Morgan fingerprint density at radius 2 is 1.93 bits per heavy atom. The second-order valence-electron chi connectivity index (χ2n) is 3.57. The van der Waals surface area contributed by atoms with Crippen molar-refractivity contribution in [3.05, 3.63) is 35.9 Å². The maximum atomic E-state index is 11.1. The fourth-order valence-electron chi connectivity index (χ4n) is 1.70. The average Bonchev–Trinajstić information content (AvgIpc) is 2.47. The van der Waals surface area contributed by atoms with E-state index in [1.807, 2.05) is 37.3 Å². The Kier molecular flexibility index (Phi) is 2.25. The Balaban J connectivity index is 2.26. The Morgan fingerprint density at radius 3 is 2.43 bits per heavy atom. The van der Waals surface area contributed by atoms with Gasteiger partial charge in [-0.3, -0.25) is 0 Å². The number of hydrogen-bond acceptors (Lipinski definition) is 3. The van der Waals surface area contributed by atoms with E-state index >= 15 is 0 Å². The Hall–Kier alpha value is -1.35. The van der Waals surface area contributed by atoms with Gasteiger partial charge in [-0.2, -0.15) is 0 Å². The molecule has 0 amide bonds. The number of carbonyl (C=O) groups is 1. The highest BCUT2D eigenvalue weighted by atomic mass is 16.6. The Bertz CT molecular complexity index is 334. The number of benzene rings is 1. The van der Waals surface area contributed by atoms with Gasteiger partial charge in [-0.15, -0.1) is 0 Å². The molecule has 0 bridgehead atoms. The van der Waals surface area contributed by atoms with Gasteiger partial charge in [-0.25, -0.2) is 4.79 Å². The first kappa shape index (κ1) is 9.21. The summed E-state index contributed by atoms with van der Waals surface area (Å²) in [6.45, 7) is 1.81. The van der Waals surface area contributed by atoms with Crippen molar-refractivity contribution in [1.82, 2.24) is 0 Å². The van der Waals surface area contributed by atoms with E-state index < -0.39 is 12.1 Å². The standard InChI is InChI=1S/C11H12O3/c1-7-9(12)11(13)14-10(7)8-5-3-2-4-6-8/h2-7,9-10,12H,1H3/t7-,9-,10+/m0/s1. The smallest absolute Gasteiger partial charge is 0.336 e. The van der Waals surface area contributed by atoms with E-state index in [9.17, 15) is 9.90 Å². The minimum Gasteiger partial charge on any atom is -0.455 e. The molecule has 0 spiro atoms. The topological polar surface area (TPSA) is 46.5 Å². The quantitative estimate of drug-likeness (QED) is 0.682. The normalized spacial score (nSPS) is 31.6. The molecule has 1 N–H and O–H groups in total. The molecule has 0 radical (unpaired) electrons. The van der Waals surface area contributed by atoms with Crippen LogP contribution in [0.25, 0.3) is 0 Å². The van der Waals surface area contributed by atoms with E-state index in [1.54, 1.807) is 0 Å². The summed E-state index contributed by atoms with van der Waals surface area (Å²) in [4.78, 5) is 11.1. The summed E-state index contributed by atoms with van der Waals surface area (Å²) >= 11 is 0. The molecule has 3 atom stereocenters. The summed E-state index contributed by atoms with van der Waals surface area (Å²) in [6.07, 6.45) is -1.29. The molecule has 0 aromatic heterocycles. The van der Waals surface area contributed by atoms with Crippen LogP contribution in [0, 0.1) is 5.92 Å². The second-order valence-corrected chi connectivity index (χ2v) is 3.57. The molecule has 1 saturated heterocycles. The lowest BCUT2D eigenvalue weighted by Crippen LogP contribution is -2.19. The molecule has 2 rings (SSSR count). The van der Waals surface area contributed by atoms with Crippen LogP contribution in [0.4, 0.5) is 0 Å². The van der Waals surface area contributed by atoms with Gasteiger partial charge in [0.15, 0.2) is 6.10 Å². The highest BCUT2D eigenvalue weighted by Gasteiger charge is 2.41. The summed E-state index contributed by atoms with van der Waals surface area (Å²) in [6, 6.07) is 9.47. The fraction of sp³-hybridized carbons (Fsp3) is 0.364. The number of carbonyl (C=O) groups excluding carboxylic acids is 1. The van der Waals surface area contributed by atoms with Crippen LogP contribution in [0.1, 0.15) is 18.6 Å².